The number of ether oxygens (including phenoxy) is 3. The van der Waals surface area contributed by atoms with Crippen LogP contribution in [0, 0.1) is 0 Å². The Morgan fingerprint density at radius 2 is 1.67 bits per heavy atom. The molecule has 2 aliphatic heterocycles. The predicted molar refractivity (Wildman–Crippen MR) is 136 cm³/mol. The van der Waals surface area contributed by atoms with E-state index in [2.05, 4.69) is 4.90 Å². The number of ketones is 1. The number of likely N-dealkylation sites (tertiary alicyclic amines) is 1. The number of aliphatic hydroxyl groups excluding tert-OH is 1. The largest absolute Gasteiger partial charge is 0.507 e. The molecule has 1 atom stereocenters. The molecule has 0 saturated carbocycles. The summed E-state index contributed by atoms with van der Waals surface area (Å²) >= 11 is 0. The van der Waals surface area contributed by atoms with Gasteiger partial charge >= 0.3 is 0 Å². The Bertz CT molecular complexity index is 1070. The average molecular weight is 495 g/mol. The smallest absolute Gasteiger partial charge is 0.295 e. The van der Waals surface area contributed by atoms with E-state index in [0.717, 1.165) is 37.4 Å². The Hall–Kier alpha value is -3.36. The van der Waals surface area contributed by atoms with Crippen molar-refractivity contribution >= 4 is 17.4 Å². The van der Waals surface area contributed by atoms with Crippen molar-refractivity contribution in [3.63, 3.8) is 0 Å². The number of methoxy groups -OCH3 is 1. The van der Waals surface area contributed by atoms with Gasteiger partial charge in [-0.25, -0.2) is 0 Å². The molecule has 2 aromatic rings. The van der Waals surface area contributed by atoms with Crippen LogP contribution in [0.3, 0.4) is 0 Å². The van der Waals surface area contributed by atoms with E-state index in [1.807, 2.05) is 31.2 Å². The Labute approximate surface area is 212 Å². The third-order valence-corrected chi connectivity index (χ3v) is 6.55. The van der Waals surface area contributed by atoms with Crippen LogP contribution in [0.15, 0.2) is 54.1 Å². The first kappa shape index (κ1) is 25.7. The van der Waals surface area contributed by atoms with Crippen LogP contribution in [-0.4, -0.2) is 79.7 Å². The van der Waals surface area contributed by atoms with Crippen molar-refractivity contribution in [2.75, 3.05) is 53.1 Å². The summed E-state index contributed by atoms with van der Waals surface area (Å²) < 4.78 is 16.3. The molecule has 2 aromatic carbocycles. The van der Waals surface area contributed by atoms with Gasteiger partial charge in [0.25, 0.3) is 11.7 Å². The molecule has 0 bridgehead atoms. The molecule has 2 fully saturated rings. The molecule has 2 heterocycles. The molecule has 0 unspecified atom stereocenters. The van der Waals surface area contributed by atoms with Gasteiger partial charge in [0.05, 0.1) is 38.5 Å². The minimum absolute atomic E-state index is 0.0961. The summed E-state index contributed by atoms with van der Waals surface area (Å²) in [5.41, 5.74) is 1.30. The molecule has 2 aliphatic rings. The maximum Gasteiger partial charge on any atom is 0.295 e. The molecule has 192 valence electrons. The van der Waals surface area contributed by atoms with Crippen LogP contribution in [0.1, 0.15) is 36.9 Å². The lowest BCUT2D eigenvalue weighted by atomic mass is 9.95. The fourth-order valence-corrected chi connectivity index (χ4v) is 4.62. The predicted octanol–water partition coefficient (Wildman–Crippen LogP) is 3.63. The van der Waals surface area contributed by atoms with Crippen molar-refractivity contribution in [3.8, 4) is 11.5 Å². The van der Waals surface area contributed by atoms with Crippen LogP contribution in [0.25, 0.3) is 5.76 Å². The highest BCUT2D eigenvalue weighted by atomic mass is 16.5. The molecule has 0 aliphatic carbocycles. The van der Waals surface area contributed by atoms with Gasteiger partial charge in [-0.05, 0) is 54.8 Å². The zero-order valence-corrected chi connectivity index (χ0v) is 20.9. The zero-order valence-electron chi connectivity index (χ0n) is 20.9. The van der Waals surface area contributed by atoms with Gasteiger partial charge in [0.2, 0.25) is 0 Å². The Morgan fingerprint density at radius 1 is 1.00 bits per heavy atom. The zero-order chi connectivity index (χ0) is 25.5. The molecule has 4 rings (SSSR count). The fraction of sp³-hybridized carbons (Fsp3) is 0.429. The maximum atomic E-state index is 13.2. The molecule has 0 aromatic heterocycles. The van der Waals surface area contributed by atoms with Gasteiger partial charge in [0.15, 0.2) is 0 Å². The Morgan fingerprint density at radius 3 is 2.31 bits per heavy atom. The third kappa shape index (κ3) is 5.71. The lowest BCUT2D eigenvalue weighted by Crippen LogP contribution is -2.38. The summed E-state index contributed by atoms with van der Waals surface area (Å²) in [4.78, 5) is 30.3. The Kier molecular flexibility index (Phi) is 8.61. The summed E-state index contributed by atoms with van der Waals surface area (Å²) in [5, 5.41) is 11.2. The van der Waals surface area contributed by atoms with Crippen molar-refractivity contribution < 1.29 is 28.9 Å². The molecular formula is C28H34N2O6. The molecule has 1 amide bonds. The van der Waals surface area contributed by atoms with Crippen LogP contribution in [0.2, 0.25) is 0 Å². The second-order valence-electron chi connectivity index (χ2n) is 8.95. The van der Waals surface area contributed by atoms with E-state index < -0.39 is 17.7 Å². The van der Waals surface area contributed by atoms with Gasteiger partial charge in [0, 0.05) is 31.7 Å². The highest BCUT2D eigenvalue weighted by Crippen LogP contribution is 2.40. The van der Waals surface area contributed by atoms with E-state index in [0.29, 0.717) is 44.1 Å². The van der Waals surface area contributed by atoms with Gasteiger partial charge in [-0.3, -0.25) is 14.5 Å². The molecule has 36 heavy (non-hydrogen) atoms. The van der Waals surface area contributed by atoms with E-state index in [9.17, 15) is 14.7 Å². The van der Waals surface area contributed by atoms with Crippen LogP contribution in [0.4, 0.5) is 0 Å². The fourth-order valence-electron chi connectivity index (χ4n) is 4.62. The van der Waals surface area contributed by atoms with Crippen LogP contribution < -0.4 is 9.47 Å². The van der Waals surface area contributed by atoms with Crippen molar-refractivity contribution in [2.45, 2.75) is 25.8 Å². The SMILES string of the molecule is CCCOc1ccc([C@@H]2C(=C(O)c3ccc(OC)cc3)C(=O)C(=O)N2CCCN2CCOCC2)cc1. The monoisotopic (exact) mass is 494 g/mol. The lowest BCUT2D eigenvalue weighted by molar-refractivity contribution is -0.140. The quantitative estimate of drug-likeness (QED) is 0.307. The van der Waals surface area contributed by atoms with E-state index in [1.165, 1.54) is 0 Å². The number of aliphatic hydroxyl groups is 1. The number of carbonyl (C=O) groups excluding carboxylic acids is 2. The van der Waals surface area contributed by atoms with Gasteiger partial charge in [0.1, 0.15) is 17.3 Å². The summed E-state index contributed by atoms with van der Waals surface area (Å²) in [6, 6.07) is 13.5. The number of Topliss-reactive ketones (excluding diaryl/α,β-unsaturated/α-hetero) is 1. The van der Waals surface area contributed by atoms with Gasteiger partial charge in [-0.1, -0.05) is 19.1 Å². The number of hydrogen-bond acceptors (Lipinski definition) is 7. The van der Waals surface area contributed by atoms with Crippen molar-refractivity contribution in [1.29, 1.82) is 0 Å². The van der Waals surface area contributed by atoms with E-state index in [4.69, 9.17) is 14.2 Å². The lowest BCUT2D eigenvalue weighted by Gasteiger charge is -2.29. The molecule has 8 nitrogen and oxygen atoms in total. The molecule has 8 heteroatoms. The molecule has 0 spiro atoms. The number of amides is 1. The first-order chi connectivity index (χ1) is 17.5. The molecular weight excluding hydrogens is 460 g/mol. The summed E-state index contributed by atoms with van der Waals surface area (Å²) in [5.74, 6) is -0.105. The Balaban J connectivity index is 1.65. The maximum absolute atomic E-state index is 13.2. The minimum atomic E-state index is -0.683. The summed E-state index contributed by atoms with van der Waals surface area (Å²) in [6.45, 7) is 6.99. The van der Waals surface area contributed by atoms with Crippen molar-refractivity contribution in [1.82, 2.24) is 9.80 Å². The number of benzene rings is 2. The van der Waals surface area contributed by atoms with Gasteiger partial charge in [-0.2, -0.15) is 0 Å². The van der Waals surface area contributed by atoms with Gasteiger partial charge in [-0.15, -0.1) is 0 Å². The number of rotatable bonds is 10. The molecule has 0 radical (unpaired) electrons. The molecule has 1 N–H and O–H groups in total. The number of hydrogen-bond donors (Lipinski definition) is 1. The van der Waals surface area contributed by atoms with Crippen molar-refractivity contribution in [3.05, 3.63) is 65.2 Å². The first-order valence-electron chi connectivity index (χ1n) is 12.5. The second kappa shape index (κ2) is 12.1. The minimum Gasteiger partial charge on any atom is -0.507 e. The number of nitrogens with zero attached hydrogens (tertiary/aromatic N) is 2. The summed E-state index contributed by atoms with van der Waals surface area (Å²) in [6.07, 6.45) is 1.61. The van der Waals surface area contributed by atoms with Crippen LogP contribution >= 0.6 is 0 Å². The van der Waals surface area contributed by atoms with Gasteiger partial charge < -0.3 is 24.2 Å². The normalized spacial score (nSPS) is 20.1. The van der Waals surface area contributed by atoms with Crippen LogP contribution in [-0.2, 0) is 14.3 Å². The second-order valence-corrected chi connectivity index (χ2v) is 8.95. The van der Waals surface area contributed by atoms with Crippen molar-refractivity contribution in [2.24, 2.45) is 0 Å². The van der Waals surface area contributed by atoms with E-state index >= 15 is 0 Å². The highest BCUT2D eigenvalue weighted by Gasteiger charge is 2.45. The first-order valence-corrected chi connectivity index (χ1v) is 12.5. The standard InChI is InChI=1S/C28H34N2O6/c1-3-17-36-23-11-5-20(6-12-23)25-24(26(31)21-7-9-22(34-2)10-8-21)27(32)28(33)30(25)14-4-13-29-15-18-35-19-16-29/h5-12,25,31H,3-4,13-19H2,1-2H3/t25-/m1/s1. The van der Waals surface area contributed by atoms with E-state index in [-0.39, 0.29) is 11.3 Å². The topological polar surface area (TPSA) is 88.5 Å². The number of morpholine rings is 1. The highest BCUT2D eigenvalue weighted by molar-refractivity contribution is 6.46. The van der Waals surface area contributed by atoms with Crippen LogP contribution in [0.5, 0.6) is 11.5 Å². The molecule has 2 saturated heterocycles. The van der Waals surface area contributed by atoms with E-state index in [1.54, 1.807) is 36.3 Å². The average Bonchev–Trinajstić information content (AvgIpc) is 3.17. The number of carbonyl (C=O) groups is 2. The third-order valence-electron chi connectivity index (χ3n) is 6.55. The summed E-state index contributed by atoms with van der Waals surface area (Å²) in [7, 11) is 1.56.